The highest BCUT2D eigenvalue weighted by atomic mass is 35.5. The molecule has 0 aliphatic carbocycles. The van der Waals surface area contributed by atoms with E-state index in [0.29, 0.717) is 12.1 Å². The minimum atomic E-state index is -4.07. The van der Waals surface area contributed by atoms with Gasteiger partial charge in [0.2, 0.25) is 0 Å². The summed E-state index contributed by atoms with van der Waals surface area (Å²) in [7, 11) is -4.07. The number of carbonyl (C=O) groups is 2. The van der Waals surface area contributed by atoms with E-state index < -0.39 is 16.1 Å². The molecule has 0 radical (unpaired) electrons. The van der Waals surface area contributed by atoms with Gasteiger partial charge in [-0.1, -0.05) is 30.7 Å². The van der Waals surface area contributed by atoms with Gasteiger partial charge >= 0.3 is 6.03 Å². The maximum Gasteiger partial charge on any atom is 0.333 e. The van der Waals surface area contributed by atoms with Crippen molar-refractivity contribution < 1.29 is 18.0 Å². The lowest BCUT2D eigenvalue weighted by atomic mass is 10.2. The Morgan fingerprint density at radius 2 is 1.81 bits per heavy atom. The van der Waals surface area contributed by atoms with E-state index in [9.17, 15) is 18.0 Å². The van der Waals surface area contributed by atoms with Gasteiger partial charge in [-0.25, -0.2) is 17.9 Å². The summed E-state index contributed by atoms with van der Waals surface area (Å²) < 4.78 is 26.3. The van der Waals surface area contributed by atoms with Crippen LogP contribution >= 0.6 is 11.6 Å². The quantitative estimate of drug-likeness (QED) is 0.699. The molecule has 2 aromatic rings. The highest BCUT2D eigenvalue weighted by molar-refractivity contribution is 7.90. The number of amides is 3. The molecule has 0 saturated heterocycles. The fraction of sp³-hybridized carbons (Fsp3) is 0.176. The standard InChI is InChI=1S/C17H18ClN3O4S/c1-2-9-19-16(22)12-5-3-7-14(10-12)20-17(23)21-26(24,25)15-8-4-6-13(18)11-15/h3-8,10-11H,2,9H2,1H3,(H,19,22)(H2,20,21,23). The molecular weight excluding hydrogens is 378 g/mol. The van der Waals surface area contributed by atoms with E-state index in [4.69, 9.17) is 11.6 Å². The van der Waals surface area contributed by atoms with Crippen LogP contribution in [0.25, 0.3) is 0 Å². The molecule has 3 amide bonds. The maximum atomic E-state index is 12.2. The maximum absolute atomic E-state index is 12.2. The molecule has 0 saturated carbocycles. The normalized spacial score (nSPS) is 10.8. The van der Waals surface area contributed by atoms with E-state index in [1.165, 1.54) is 30.3 Å². The van der Waals surface area contributed by atoms with Crippen LogP contribution < -0.4 is 15.4 Å². The predicted octanol–water partition coefficient (Wildman–Crippen LogP) is 2.99. The second kappa shape index (κ2) is 8.68. The average molecular weight is 396 g/mol. The number of hydrogen-bond acceptors (Lipinski definition) is 4. The van der Waals surface area contributed by atoms with Gasteiger partial charge < -0.3 is 10.6 Å². The highest BCUT2D eigenvalue weighted by Gasteiger charge is 2.18. The molecule has 0 spiro atoms. The third-order valence-corrected chi connectivity index (χ3v) is 4.82. The van der Waals surface area contributed by atoms with Crippen LogP contribution in [0.5, 0.6) is 0 Å². The first kappa shape index (κ1) is 19.7. The fourth-order valence-electron chi connectivity index (χ4n) is 2.05. The Kier molecular flexibility index (Phi) is 6.59. The minimum Gasteiger partial charge on any atom is -0.352 e. The van der Waals surface area contributed by atoms with Gasteiger partial charge in [-0.3, -0.25) is 4.79 Å². The number of sulfonamides is 1. The van der Waals surface area contributed by atoms with Crippen molar-refractivity contribution >= 4 is 39.2 Å². The first-order valence-corrected chi connectivity index (χ1v) is 9.65. The van der Waals surface area contributed by atoms with Crippen LogP contribution in [0, 0.1) is 0 Å². The Morgan fingerprint density at radius 1 is 1.08 bits per heavy atom. The summed E-state index contributed by atoms with van der Waals surface area (Å²) >= 11 is 5.77. The molecule has 0 atom stereocenters. The van der Waals surface area contributed by atoms with Crippen molar-refractivity contribution in [2.45, 2.75) is 18.2 Å². The van der Waals surface area contributed by atoms with E-state index in [-0.39, 0.29) is 21.5 Å². The molecule has 7 nitrogen and oxygen atoms in total. The van der Waals surface area contributed by atoms with Crippen LogP contribution in [-0.4, -0.2) is 26.9 Å². The highest BCUT2D eigenvalue weighted by Crippen LogP contribution is 2.16. The van der Waals surface area contributed by atoms with Crippen LogP contribution in [0.2, 0.25) is 5.02 Å². The summed E-state index contributed by atoms with van der Waals surface area (Å²) in [5.74, 6) is -0.276. The Morgan fingerprint density at radius 3 is 2.50 bits per heavy atom. The van der Waals surface area contributed by atoms with E-state index in [2.05, 4.69) is 10.6 Å². The summed E-state index contributed by atoms with van der Waals surface area (Å²) in [6.07, 6.45) is 0.799. The van der Waals surface area contributed by atoms with E-state index in [1.54, 1.807) is 18.2 Å². The largest absolute Gasteiger partial charge is 0.352 e. The molecule has 0 aromatic heterocycles. The minimum absolute atomic E-state index is 0.132. The topological polar surface area (TPSA) is 104 Å². The van der Waals surface area contributed by atoms with Crippen molar-refractivity contribution in [3.05, 3.63) is 59.1 Å². The average Bonchev–Trinajstić information content (AvgIpc) is 2.59. The smallest absolute Gasteiger partial charge is 0.333 e. The molecule has 0 aliphatic heterocycles. The van der Waals surface area contributed by atoms with Crippen molar-refractivity contribution in [2.75, 3.05) is 11.9 Å². The summed E-state index contributed by atoms with van der Waals surface area (Å²) in [5, 5.41) is 5.35. The van der Waals surface area contributed by atoms with Crippen LogP contribution in [0.15, 0.2) is 53.4 Å². The van der Waals surface area contributed by atoms with Gasteiger partial charge in [-0.2, -0.15) is 0 Å². The molecule has 26 heavy (non-hydrogen) atoms. The Labute approximate surface area is 156 Å². The number of carbonyl (C=O) groups excluding carboxylic acids is 2. The van der Waals surface area contributed by atoms with Gasteiger partial charge in [0.1, 0.15) is 0 Å². The molecule has 0 heterocycles. The summed E-state index contributed by atoms with van der Waals surface area (Å²) in [6.45, 7) is 2.47. The van der Waals surface area contributed by atoms with E-state index in [0.717, 1.165) is 6.42 Å². The molecule has 0 aliphatic rings. The molecule has 0 fully saturated rings. The predicted molar refractivity (Wildman–Crippen MR) is 99.9 cm³/mol. The van der Waals surface area contributed by atoms with Gasteiger partial charge in [0, 0.05) is 22.8 Å². The summed E-state index contributed by atoms with van der Waals surface area (Å²) in [5.41, 5.74) is 0.641. The van der Waals surface area contributed by atoms with Crippen molar-refractivity contribution in [1.82, 2.24) is 10.0 Å². The number of urea groups is 1. The number of anilines is 1. The fourth-order valence-corrected chi connectivity index (χ4v) is 3.26. The summed E-state index contributed by atoms with van der Waals surface area (Å²) in [6, 6.07) is 10.8. The van der Waals surface area contributed by atoms with Crippen LogP contribution in [0.1, 0.15) is 23.7 Å². The van der Waals surface area contributed by atoms with Crippen molar-refractivity contribution in [1.29, 1.82) is 0 Å². The lowest BCUT2D eigenvalue weighted by molar-refractivity contribution is 0.0953. The summed E-state index contributed by atoms with van der Waals surface area (Å²) in [4.78, 5) is 23.8. The molecule has 0 bridgehead atoms. The molecule has 3 N–H and O–H groups in total. The van der Waals surface area contributed by atoms with Crippen LogP contribution in [-0.2, 0) is 10.0 Å². The monoisotopic (exact) mass is 395 g/mol. The van der Waals surface area contributed by atoms with E-state index >= 15 is 0 Å². The van der Waals surface area contributed by atoms with Crippen molar-refractivity contribution in [2.24, 2.45) is 0 Å². The Hall–Kier alpha value is -2.58. The number of hydrogen-bond donors (Lipinski definition) is 3. The van der Waals surface area contributed by atoms with Gasteiger partial charge in [-0.15, -0.1) is 0 Å². The van der Waals surface area contributed by atoms with Crippen LogP contribution in [0.3, 0.4) is 0 Å². The first-order chi connectivity index (χ1) is 12.3. The molecular formula is C17H18ClN3O4S. The van der Waals surface area contributed by atoms with Gasteiger partial charge in [0.25, 0.3) is 15.9 Å². The SMILES string of the molecule is CCCNC(=O)c1cccc(NC(=O)NS(=O)(=O)c2cccc(Cl)c2)c1. The zero-order valence-corrected chi connectivity index (χ0v) is 15.5. The molecule has 2 rings (SSSR count). The molecule has 9 heteroatoms. The molecule has 138 valence electrons. The van der Waals surface area contributed by atoms with Crippen LogP contribution in [0.4, 0.5) is 10.5 Å². The van der Waals surface area contributed by atoms with E-state index in [1.807, 2.05) is 11.6 Å². The second-order valence-electron chi connectivity index (χ2n) is 5.35. The first-order valence-electron chi connectivity index (χ1n) is 7.79. The van der Waals surface area contributed by atoms with Crippen molar-refractivity contribution in [3.63, 3.8) is 0 Å². The lowest BCUT2D eigenvalue weighted by Gasteiger charge is -2.10. The molecule has 2 aromatic carbocycles. The van der Waals surface area contributed by atoms with Gasteiger partial charge in [-0.05, 0) is 42.8 Å². The second-order valence-corrected chi connectivity index (χ2v) is 7.47. The van der Waals surface area contributed by atoms with Gasteiger partial charge in [0.05, 0.1) is 4.90 Å². The van der Waals surface area contributed by atoms with Crippen molar-refractivity contribution in [3.8, 4) is 0 Å². The number of rotatable bonds is 6. The lowest BCUT2D eigenvalue weighted by Crippen LogP contribution is -2.34. The Bertz CT molecular complexity index is 916. The zero-order chi connectivity index (χ0) is 19.2. The number of nitrogens with one attached hydrogen (secondary N) is 3. The zero-order valence-electron chi connectivity index (χ0n) is 14.0. The number of benzene rings is 2. The molecule has 0 unspecified atom stereocenters. The Balaban J connectivity index is 2.07. The third kappa shape index (κ3) is 5.47. The third-order valence-electron chi connectivity index (χ3n) is 3.25. The number of halogens is 1. The van der Waals surface area contributed by atoms with Gasteiger partial charge in [0.15, 0.2) is 0 Å².